The lowest BCUT2D eigenvalue weighted by atomic mass is 10.1. The standard InChI is InChI=1S/C21H24O5/c1-21(2,3)26-20(23)15-24-18-11-7-10-17(12-18)13-19(22)25-14-16-8-5-4-6-9-16/h4-12H,13-15H2,1-3H3. The molecule has 2 aromatic rings. The molecule has 2 rings (SSSR count). The highest BCUT2D eigenvalue weighted by molar-refractivity contribution is 5.73. The number of rotatable bonds is 7. The van der Waals surface area contributed by atoms with Crippen LogP contribution in [0.1, 0.15) is 31.9 Å². The van der Waals surface area contributed by atoms with E-state index in [1.165, 1.54) is 0 Å². The fourth-order valence-electron chi connectivity index (χ4n) is 2.21. The van der Waals surface area contributed by atoms with Gasteiger partial charge in [0.15, 0.2) is 6.61 Å². The van der Waals surface area contributed by atoms with Gasteiger partial charge < -0.3 is 14.2 Å². The SMILES string of the molecule is CC(C)(C)OC(=O)COc1cccc(CC(=O)OCc2ccccc2)c1. The summed E-state index contributed by atoms with van der Waals surface area (Å²) in [6, 6.07) is 16.5. The van der Waals surface area contributed by atoms with Crippen LogP contribution in [-0.2, 0) is 32.1 Å². The van der Waals surface area contributed by atoms with Crippen molar-refractivity contribution in [1.29, 1.82) is 0 Å². The molecule has 0 aliphatic heterocycles. The first-order valence-electron chi connectivity index (χ1n) is 8.45. The molecule has 2 aromatic carbocycles. The minimum atomic E-state index is -0.551. The molecule has 0 fully saturated rings. The van der Waals surface area contributed by atoms with Crippen LogP contribution < -0.4 is 4.74 Å². The molecule has 0 radical (unpaired) electrons. The van der Waals surface area contributed by atoms with Gasteiger partial charge in [0.25, 0.3) is 0 Å². The molecule has 0 amide bonds. The molecule has 0 aromatic heterocycles. The van der Waals surface area contributed by atoms with Crippen LogP contribution in [0.3, 0.4) is 0 Å². The predicted molar refractivity (Wildman–Crippen MR) is 97.7 cm³/mol. The predicted octanol–water partition coefficient (Wildman–Crippen LogP) is 3.69. The normalized spacial score (nSPS) is 10.9. The summed E-state index contributed by atoms with van der Waals surface area (Å²) in [6.07, 6.45) is 0.135. The molecular formula is C21H24O5. The van der Waals surface area contributed by atoms with Crippen LogP contribution in [0.4, 0.5) is 0 Å². The van der Waals surface area contributed by atoms with E-state index in [0.29, 0.717) is 5.75 Å². The van der Waals surface area contributed by atoms with Crippen molar-refractivity contribution in [2.45, 2.75) is 39.4 Å². The highest BCUT2D eigenvalue weighted by atomic mass is 16.6. The van der Waals surface area contributed by atoms with Gasteiger partial charge in [0.2, 0.25) is 0 Å². The van der Waals surface area contributed by atoms with Crippen LogP contribution in [0.15, 0.2) is 54.6 Å². The van der Waals surface area contributed by atoms with Gasteiger partial charge in [0, 0.05) is 0 Å². The van der Waals surface area contributed by atoms with Gasteiger partial charge in [-0.2, -0.15) is 0 Å². The van der Waals surface area contributed by atoms with Crippen molar-refractivity contribution in [2.24, 2.45) is 0 Å². The van der Waals surface area contributed by atoms with Gasteiger partial charge >= 0.3 is 11.9 Å². The molecule has 5 nitrogen and oxygen atoms in total. The van der Waals surface area contributed by atoms with E-state index in [2.05, 4.69) is 0 Å². The zero-order chi connectivity index (χ0) is 19.0. The number of esters is 2. The van der Waals surface area contributed by atoms with Gasteiger partial charge in [-0.1, -0.05) is 42.5 Å². The van der Waals surface area contributed by atoms with Crippen LogP contribution in [-0.4, -0.2) is 24.1 Å². The van der Waals surface area contributed by atoms with Gasteiger partial charge in [-0.15, -0.1) is 0 Å². The third-order valence-corrected chi connectivity index (χ3v) is 3.27. The summed E-state index contributed by atoms with van der Waals surface area (Å²) in [5.41, 5.74) is 1.14. The van der Waals surface area contributed by atoms with E-state index < -0.39 is 11.6 Å². The molecule has 26 heavy (non-hydrogen) atoms. The minimum Gasteiger partial charge on any atom is -0.482 e. The largest absolute Gasteiger partial charge is 0.482 e. The first-order valence-corrected chi connectivity index (χ1v) is 8.45. The second kappa shape index (κ2) is 9.04. The summed E-state index contributed by atoms with van der Waals surface area (Å²) in [4.78, 5) is 23.7. The molecular weight excluding hydrogens is 332 g/mol. The van der Waals surface area contributed by atoms with E-state index in [1.807, 2.05) is 36.4 Å². The summed E-state index contributed by atoms with van der Waals surface area (Å²) < 4.78 is 15.9. The molecule has 0 spiro atoms. The van der Waals surface area contributed by atoms with Crippen LogP contribution in [0.5, 0.6) is 5.75 Å². The number of hydrogen-bond donors (Lipinski definition) is 0. The summed E-state index contributed by atoms with van der Waals surface area (Å²) in [5.74, 6) is -0.257. The Morgan fingerprint density at radius 3 is 2.27 bits per heavy atom. The van der Waals surface area contributed by atoms with E-state index in [4.69, 9.17) is 14.2 Å². The maximum Gasteiger partial charge on any atom is 0.344 e. The third-order valence-electron chi connectivity index (χ3n) is 3.27. The van der Waals surface area contributed by atoms with Gasteiger partial charge in [0.05, 0.1) is 6.42 Å². The van der Waals surface area contributed by atoms with Gasteiger partial charge in [-0.25, -0.2) is 4.79 Å². The zero-order valence-corrected chi connectivity index (χ0v) is 15.4. The maximum absolute atomic E-state index is 12.0. The summed E-state index contributed by atoms with van der Waals surface area (Å²) in [5, 5.41) is 0. The lowest BCUT2D eigenvalue weighted by Crippen LogP contribution is -2.27. The van der Waals surface area contributed by atoms with Crippen LogP contribution >= 0.6 is 0 Å². The Labute approximate surface area is 153 Å². The Morgan fingerprint density at radius 2 is 1.58 bits per heavy atom. The van der Waals surface area contributed by atoms with E-state index in [1.54, 1.807) is 39.0 Å². The van der Waals surface area contributed by atoms with E-state index in [9.17, 15) is 9.59 Å². The molecule has 0 saturated heterocycles. The van der Waals surface area contributed by atoms with Crippen molar-refractivity contribution in [1.82, 2.24) is 0 Å². The van der Waals surface area contributed by atoms with Crippen LogP contribution in [0.25, 0.3) is 0 Å². The Bertz CT molecular complexity index is 732. The molecule has 0 bridgehead atoms. The average molecular weight is 356 g/mol. The van der Waals surface area contributed by atoms with Gasteiger partial charge in [-0.05, 0) is 44.0 Å². The topological polar surface area (TPSA) is 61.8 Å². The molecule has 0 N–H and O–H groups in total. The number of carbonyl (C=O) groups is 2. The highest BCUT2D eigenvalue weighted by Gasteiger charge is 2.16. The molecule has 0 unspecified atom stereocenters. The monoisotopic (exact) mass is 356 g/mol. The number of hydrogen-bond acceptors (Lipinski definition) is 5. The summed E-state index contributed by atoms with van der Waals surface area (Å²) >= 11 is 0. The first kappa shape index (κ1) is 19.5. The van der Waals surface area contributed by atoms with Crippen molar-refractivity contribution in [3.05, 3.63) is 65.7 Å². The van der Waals surface area contributed by atoms with Crippen molar-refractivity contribution in [3.63, 3.8) is 0 Å². The third kappa shape index (κ3) is 7.38. The lowest BCUT2D eigenvalue weighted by molar-refractivity contribution is -0.157. The van der Waals surface area contributed by atoms with Gasteiger partial charge in [-0.3, -0.25) is 4.79 Å². The average Bonchev–Trinajstić information content (AvgIpc) is 2.58. The Hall–Kier alpha value is -2.82. The number of ether oxygens (including phenoxy) is 3. The Morgan fingerprint density at radius 1 is 0.885 bits per heavy atom. The van der Waals surface area contributed by atoms with Crippen molar-refractivity contribution in [3.8, 4) is 5.75 Å². The van der Waals surface area contributed by atoms with Gasteiger partial charge in [0.1, 0.15) is 18.0 Å². The molecule has 0 aliphatic rings. The molecule has 5 heteroatoms. The first-order chi connectivity index (χ1) is 12.3. The fourth-order valence-corrected chi connectivity index (χ4v) is 2.21. The molecule has 0 atom stereocenters. The zero-order valence-electron chi connectivity index (χ0n) is 15.4. The van der Waals surface area contributed by atoms with E-state index >= 15 is 0 Å². The molecule has 0 aliphatic carbocycles. The quantitative estimate of drug-likeness (QED) is 0.708. The van der Waals surface area contributed by atoms with Crippen molar-refractivity contribution in [2.75, 3.05) is 6.61 Å². The second-order valence-corrected chi connectivity index (χ2v) is 6.85. The molecule has 0 saturated carbocycles. The van der Waals surface area contributed by atoms with Crippen LogP contribution in [0.2, 0.25) is 0 Å². The molecule has 0 heterocycles. The lowest BCUT2D eigenvalue weighted by Gasteiger charge is -2.19. The number of benzene rings is 2. The van der Waals surface area contributed by atoms with Crippen molar-refractivity contribution >= 4 is 11.9 Å². The Kier molecular flexibility index (Phi) is 6.78. The number of carbonyl (C=O) groups excluding carboxylic acids is 2. The second-order valence-electron chi connectivity index (χ2n) is 6.85. The summed E-state index contributed by atoms with van der Waals surface area (Å²) in [7, 11) is 0. The Balaban J connectivity index is 1.82. The van der Waals surface area contributed by atoms with E-state index in [0.717, 1.165) is 11.1 Å². The summed E-state index contributed by atoms with van der Waals surface area (Å²) in [6.45, 7) is 5.46. The molecule has 138 valence electrons. The van der Waals surface area contributed by atoms with Crippen molar-refractivity contribution < 1.29 is 23.8 Å². The smallest absolute Gasteiger partial charge is 0.344 e. The van der Waals surface area contributed by atoms with E-state index in [-0.39, 0.29) is 25.6 Å². The maximum atomic E-state index is 12.0. The fraction of sp³-hybridized carbons (Fsp3) is 0.333. The minimum absolute atomic E-state index is 0.135. The van der Waals surface area contributed by atoms with Crippen LogP contribution in [0, 0.1) is 0 Å². The highest BCUT2D eigenvalue weighted by Crippen LogP contribution is 2.15.